The Hall–Kier alpha value is -1.82. The maximum absolute atomic E-state index is 13.6. The van der Waals surface area contributed by atoms with Crippen LogP contribution in [-0.4, -0.2) is 25.4 Å². The van der Waals surface area contributed by atoms with Crippen molar-refractivity contribution in [3.63, 3.8) is 0 Å². The van der Waals surface area contributed by atoms with Gasteiger partial charge in [0.2, 0.25) is 0 Å². The van der Waals surface area contributed by atoms with Crippen molar-refractivity contribution in [2.45, 2.75) is 12.1 Å². The predicted octanol–water partition coefficient (Wildman–Crippen LogP) is 2.98. The lowest BCUT2D eigenvalue weighted by atomic mass is 10.1. The second-order valence-corrected chi connectivity index (χ2v) is 4.98. The summed E-state index contributed by atoms with van der Waals surface area (Å²) in [6, 6.07) is 12.9. The van der Waals surface area contributed by atoms with E-state index in [1.54, 1.807) is 7.11 Å². The highest BCUT2D eigenvalue weighted by molar-refractivity contribution is 5.23. The van der Waals surface area contributed by atoms with Crippen molar-refractivity contribution >= 4 is 0 Å². The Labute approximate surface area is 128 Å². The molecule has 0 saturated heterocycles. The first-order chi connectivity index (χ1) is 10.6. The van der Waals surface area contributed by atoms with E-state index in [9.17, 15) is 13.9 Å². The van der Waals surface area contributed by atoms with Crippen molar-refractivity contribution < 1.29 is 18.6 Å². The lowest BCUT2D eigenvalue weighted by Crippen LogP contribution is -2.30. The molecule has 22 heavy (non-hydrogen) atoms. The zero-order chi connectivity index (χ0) is 15.9. The Morgan fingerprint density at radius 2 is 1.68 bits per heavy atom. The van der Waals surface area contributed by atoms with Crippen LogP contribution in [0.25, 0.3) is 0 Å². The first-order valence-electron chi connectivity index (χ1n) is 7.02. The van der Waals surface area contributed by atoms with E-state index in [4.69, 9.17) is 4.74 Å². The van der Waals surface area contributed by atoms with Gasteiger partial charge in [0.25, 0.3) is 0 Å². The summed E-state index contributed by atoms with van der Waals surface area (Å²) >= 11 is 0. The molecule has 0 radical (unpaired) electrons. The molecule has 5 heteroatoms. The number of benzene rings is 2. The van der Waals surface area contributed by atoms with Crippen molar-refractivity contribution in [1.29, 1.82) is 0 Å². The lowest BCUT2D eigenvalue weighted by Gasteiger charge is -2.21. The summed E-state index contributed by atoms with van der Waals surface area (Å²) in [6.45, 7) is 0.400. The number of methoxy groups -OCH3 is 1. The van der Waals surface area contributed by atoms with Gasteiger partial charge in [0.1, 0.15) is 11.6 Å². The molecule has 0 fully saturated rings. The molecule has 2 rings (SSSR count). The number of hydrogen-bond acceptors (Lipinski definition) is 3. The fourth-order valence-electron chi connectivity index (χ4n) is 2.31. The van der Waals surface area contributed by atoms with Crippen LogP contribution in [0, 0.1) is 11.6 Å². The molecule has 0 heterocycles. The van der Waals surface area contributed by atoms with Crippen LogP contribution in [0.1, 0.15) is 23.3 Å². The van der Waals surface area contributed by atoms with Crippen LogP contribution >= 0.6 is 0 Å². The molecule has 2 atom stereocenters. The molecular formula is C17H19F2NO2. The Bertz CT molecular complexity index is 572. The maximum atomic E-state index is 13.6. The van der Waals surface area contributed by atoms with Crippen molar-refractivity contribution in [3.8, 4) is 0 Å². The van der Waals surface area contributed by atoms with E-state index in [0.29, 0.717) is 6.61 Å². The minimum absolute atomic E-state index is 0.0147. The van der Waals surface area contributed by atoms with Gasteiger partial charge < -0.3 is 15.2 Å². The molecule has 118 valence electrons. The molecule has 0 aliphatic heterocycles. The third-order valence-corrected chi connectivity index (χ3v) is 3.43. The zero-order valence-corrected chi connectivity index (χ0v) is 12.3. The van der Waals surface area contributed by atoms with Gasteiger partial charge >= 0.3 is 0 Å². The third-order valence-electron chi connectivity index (χ3n) is 3.43. The monoisotopic (exact) mass is 307 g/mol. The summed E-state index contributed by atoms with van der Waals surface area (Å²) in [5, 5.41) is 13.1. The molecule has 0 aliphatic carbocycles. The van der Waals surface area contributed by atoms with Gasteiger partial charge in [0.05, 0.1) is 24.3 Å². The van der Waals surface area contributed by atoms with Crippen LogP contribution in [-0.2, 0) is 4.74 Å². The molecule has 2 N–H and O–H groups in total. The van der Waals surface area contributed by atoms with E-state index in [-0.39, 0.29) is 18.2 Å². The fraction of sp³-hybridized carbons (Fsp3) is 0.294. The highest BCUT2D eigenvalue weighted by Crippen LogP contribution is 2.21. The van der Waals surface area contributed by atoms with Gasteiger partial charge in [0.15, 0.2) is 0 Å². The molecule has 0 saturated carbocycles. The number of nitrogens with one attached hydrogen (secondary N) is 1. The maximum Gasteiger partial charge on any atom is 0.131 e. The summed E-state index contributed by atoms with van der Waals surface area (Å²) in [5.41, 5.74) is 0.657. The standard InChI is InChI=1S/C17H19F2NO2/c1-22-11-15(12-6-3-2-4-7-12)20-10-16(21)17-13(18)8-5-9-14(17)19/h2-9,15-16,20-21H,10-11H2,1H3. The van der Waals surface area contributed by atoms with Crippen LogP contribution in [0.4, 0.5) is 8.78 Å². The molecule has 0 bridgehead atoms. The van der Waals surface area contributed by atoms with Crippen LogP contribution in [0.15, 0.2) is 48.5 Å². The third kappa shape index (κ3) is 4.10. The van der Waals surface area contributed by atoms with E-state index < -0.39 is 17.7 Å². The second-order valence-electron chi connectivity index (χ2n) is 4.98. The average molecular weight is 307 g/mol. The summed E-state index contributed by atoms with van der Waals surface area (Å²) in [5.74, 6) is -1.50. The van der Waals surface area contributed by atoms with Gasteiger partial charge in [-0.25, -0.2) is 8.78 Å². The van der Waals surface area contributed by atoms with Crippen LogP contribution in [0.5, 0.6) is 0 Å². The SMILES string of the molecule is COCC(NCC(O)c1c(F)cccc1F)c1ccccc1. The number of aliphatic hydroxyl groups is 1. The molecule has 0 amide bonds. The molecule has 3 nitrogen and oxygen atoms in total. The highest BCUT2D eigenvalue weighted by atomic mass is 19.1. The second kappa shape index (κ2) is 7.98. The quantitative estimate of drug-likeness (QED) is 0.826. The van der Waals surface area contributed by atoms with Crippen molar-refractivity contribution in [3.05, 3.63) is 71.3 Å². The molecule has 0 spiro atoms. The van der Waals surface area contributed by atoms with Crippen molar-refractivity contribution in [1.82, 2.24) is 5.32 Å². The van der Waals surface area contributed by atoms with E-state index in [0.717, 1.165) is 17.7 Å². The smallest absolute Gasteiger partial charge is 0.131 e. The van der Waals surface area contributed by atoms with E-state index in [1.165, 1.54) is 6.07 Å². The number of rotatable bonds is 7. The number of halogens is 2. The number of ether oxygens (including phenoxy) is 1. The van der Waals surface area contributed by atoms with Crippen molar-refractivity contribution in [2.24, 2.45) is 0 Å². The molecular weight excluding hydrogens is 288 g/mol. The first kappa shape index (κ1) is 16.5. The Kier molecular flexibility index (Phi) is 6.00. The molecule has 2 aromatic rings. The Morgan fingerprint density at radius 3 is 2.27 bits per heavy atom. The minimum Gasteiger partial charge on any atom is -0.387 e. The molecule has 2 unspecified atom stereocenters. The first-order valence-corrected chi connectivity index (χ1v) is 7.02. The Morgan fingerprint density at radius 1 is 1.05 bits per heavy atom. The van der Waals surface area contributed by atoms with Gasteiger partial charge in [0, 0.05) is 13.7 Å². The summed E-state index contributed by atoms with van der Waals surface area (Å²) < 4.78 is 32.4. The Balaban J connectivity index is 2.06. The van der Waals surface area contributed by atoms with Crippen LogP contribution in [0.3, 0.4) is 0 Å². The summed E-state index contributed by atoms with van der Waals surface area (Å²) in [7, 11) is 1.57. The van der Waals surface area contributed by atoms with Crippen LogP contribution < -0.4 is 5.32 Å². The lowest BCUT2D eigenvalue weighted by molar-refractivity contribution is 0.135. The van der Waals surface area contributed by atoms with Gasteiger partial charge in [-0.15, -0.1) is 0 Å². The average Bonchev–Trinajstić information content (AvgIpc) is 2.52. The van der Waals surface area contributed by atoms with E-state index >= 15 is 0 Å². The van der Waals surface area contributed by atoms with Crippen molar-refractivity contribution in [2.75, 3.05) is 20.3 Å². The number of aliphatic hydroxyl groups excluding tert-OH is 1. The topological polar surface area (TPSA) is 41.5 Å². The largest absolute Gasteiger partial charge is 0.387 e. The van der Waals surface area contributed by atoms with Gasteiger partial charge in [-0.3, -0.25) is 0 Å². The summed E-state index contributed by atoms with van der Waals surface area (Å²) in [6.07, 6.45) is -1.27. The minimum atomic E-state index is -1.27. The molecule has 0 aromatic heterocycles. The normalized spacial score (nSPS) is 13.8. The van der Waals surface area contributed by atoms with Gasteiger partial charge in [-0.1, -0.05) is 36.4 Å². The number of hydrogen-bond donors (Lipinski definition) is 2. The zero-order valence-electron chi connectivity index (χ0n) is 12.3. The fourth-order valence-corrected chi connectivity index (χ4v) is 2.31. The van der Waals surface area contributed by atoms with E-state index in [2.05, 4.69) is 5.32 Å². The van der Waals surface area contributed by atoms with Gasteiger partial charge in [-0.2, -0.15) is 0 Å². The highest BCUT2D eigenvalue weighted by Gasteiger charge is 2.19. The summed E-state index contributed by atoms with van der Waals surface area (Å²) in [4.78, 5) is 0. The predicted molar refractivity (Wildman–Crippen MR) is 80.4 cm³/mol. The van der Waals surface area contributed by atoms with Gasteiger partial charge in [-0.05, 0) is 17.7 Å². The van der Waals surface area contributed by atoms with E-state index in [1.807, 2.05) is 30.3 Å². The molecule has 2 aromatic carbocycles. The molecule has 0 aliphatic rings. The van der Waals surface area contributed by atoms with Crippen LogP contribution in [0.2, 0.25) is 0 Å².